The lowest BCUT2D eigenvalue weighted by Gasteiger charge is -2.24. The Morgan fingerprint density at radius 1 is 1.16 bits per heavy atom. The summed E-state index contributed by atoms with van der Waals surface area (Å²) in [6, 6.07) is 15.6. The zero-order chi connectivity index (χ0) is 22.7. The third-order valence-electron chi connectivity index (χ3n) is 5.40. The van der Waals surface area contributed by atoms with Crippen LogP contribution in [0, 0.1) is 6.92 Å². The number of hydrogen-bond acceptors (Lipinski definition) is 5. The molecule has 1 aromatic heterocycles. The molecule has 4 rings (SSSR count). The van der Waals surface area contributed by atoms with Crippen LogP contribution in [0.15, 0.2) is 58.5 Å². The van der Waals surface area contributed by atoms with Crippen LogP contribution in [0.1, 0.15) is 41.5 Å². The molecule has 2 aromatic carbocycles. The normalized spacial score (nSPS) is 15.1. The second-order valence-corrected chi connectivity index (χ2v) is 8.68. The first-order valence-electron chi connectivity index (χ1n) is 10.5. The van der Waals surface area contributed by atoms with Gasteiger partial charge in [-0.3, -0.25) is 14.4 Å². The molecule has 1 aliphatic heterocycles. The van der Waals surface area contributed by atoms with Crippen molar-refractivity contribution in [3.05, 3.63) is 81.1 Å². The summed E-state index contributed by atoms with van der Waals surface area (Å²) in [5, 5.41) is 5.93. The van der Waals surface area contributed by atoms with Crippen LogP contribution in [0.3, 0.4) is 0 Å². The van der Waals surface area contributed by atoms with E-state index in [0.29, 0.717) is 16.6 Å². The van der Waals surface area contributed by atoms with Gasteiger partial charge in [0.1, 0.15) is 5.82 Å². The van der Waals surface area contributed by atoms with Crippen molar-refractivity contribution in [1.29, 1.82) is 0 Å². The minimum atomic E-state index is -0.906. The predicted molar refractivity (Wildman–Crippen MR) is 126 cm³/mol. The van der Waals surface area contributed by atoms with Crippen LogP contribution < -0.4 is 16.2 Å². The Labute approximate surface area is 190 Å². The van der Waals surface area contributed by atoms with E-state index in [-0.39, 0.29) is 23.7 Å². The van der Waals surface area contributed by atoms with Gasteiger partial charge in [-0.1, -0.05) is 66.7 Å². The summed E-state index contributed by atoms with van der Waals surface area (Å²) >= 11 is 1.37. The van der Waals surface area contributed by atoms with E-state index in [1.807, 2.05) is 62.4 Å². The number of anilines is 2. The Kier molecular flexibility index (Phi) is 6.41. The maximum absolute atomic E-state index is 13.0. The Balaban J connectivity index is 1.57. The number of amides is 2. The Bertz CT molecular complexity index is 1220. The zero-order valence-electron chi connectivity index (χ0n) is 17.9. The van der Waals surface area contributed by atoms with E-state index in [0.717, 1.165) is 17.5 Å². The number of rotatable bonds is 6. The molecule has 0 radical (unpaired) electrons. The fourth-order valence-corrected chi connectivity index (χ4v) is 4.47. The Morgan fingerprint density at radius 3 is 2.66 bits per heavy atom. The quantitative estimate of drug-likeness (QED) is 0.391. The highest BCUT2D eigenvalue weighted by Crippen LogP contribution is 2.31. The van der Waals surface area contributed by atoms with E-state index < -0.39 is 17.4 Å². The molecule has 0 spiro atoms. The Morgan fingerprint density at radius 2 is 1.91 bits per heavy atom. The summed E-state index contributed by atoms with van der Waals surface area (Å²) in [4.78, 5) is 45.4. The molecular formula is C24H24N4O3S. The molecule has 32 heavy (non-hydrogen) atoms. The second-order valence-electron chi connectivity index (χ2n) is 7.71. The molecule has 0 saturated carbocycles. The largest absolute Gasteiger partial charge is 0.325 e. The number of H-pyrrole nitrogens is 1. The van der Waals surface area contributed by atoms with Crippen molar-refractivity contribution in [2.45, 2.75) is 43.5 Å². The standard InChI is InChI=1S/C24H24N4O3S/c1-3-16-6-4-5-7-18(16)25-22(30)17-12-19(29)26-21-20(17)23(31)28-24(27-21)32-13-15-10-8-14(2)9-11-15/h4-11,17H,3,12-13H2,1-2H3,(H,25,30)(H2,26,27,28,29,31)/t17-/m0/s1. The van der Waals surface area contributed by atoms with Crippen molar-refractivity contribution < 1.29 is 9.59 Å². The van der Waals surface area contributed by atoms with Crippen LogP contribution in [0.5, 0.6) is 0 Å². The van der Waals surface area contributed by atoms with Gasteiger partial charge in [0.2, 0.25) is 11.8 Å². The van der Waals surface area contributed by atoms with Gasteiger partial charge in [0.05, 0.1) is 11.5 Å². The molecule has 164 valence electrons. The van der Waals surface area contributed by atoms with Crippen LogP contribution in [0.2, 0.25) is 0 Å². The number of aromatic nitrogens is 2. The monoisotopic (exact) mass is 448 g/mol. The maximum atomic E-state index is 13.0. The summed E-state index contributed by atoms with van der Waals surface area (Å²) < 4.78 is 0. The average Bonchev–Trinajstić information content (AvgIpc) is 2.78. The first-order valence-corrected chi connectivity index (χ1v) is 11.4. The molecule has 8 heteroatoms. The summed E-state index contributed by atoms with van der Waals surface area (Å²) in [5.74, 6) is -0.868. The third kappa shape index (κ3) is 4.75. The summed E-state index contributed by atoms with van der Waals surface area (Å²) in [6.07, 6.45) is 0.648. The highest BCUT2D eigenvalue weighted by atomic mass is 32.2. The average molecular weight is 449 g/mol. The lowest BCUT2D eigenvalue weighted by atomic mass is 9.92. The van der Waals surface area contributed by atoms with Crippen molar-refractivity contribution in [3.8, 4) is 0 Å². The molecule has 2 heterocycles. The molecule has 3 N–H and O–H groups in total. The van der Waals surface area contributed by atoms with Crippen LogP contribution in [-0.2, 0) is 21.8 Å². The minimum Gasteiger partial charge on any atom is -0.325 e. The number of hydrogen-bond donors (Lipinski definition) is 3. The number of carbonyl (C=O) groups is 2. The number of aryl methyl sites for hydroxylation is 2. The number of nitrogens with zero attached hydrogens (tertiary/aromatic N) is 1. The number of benzene rings is 2. The molecular weight excluding hydrogens is 424 g/mol. The van der Waals surface area contributed by atoms with Crippen LogP contribution in [-0.4, -0.2) is 21.8 Å². The zero-order valence-corrected chi connectivity index (χ0v) is 18.7. The molecule has 0 fully saturated rings. The molecule has 1 atom stereocenters. The van der Waals surface area contributed by atoms with E-state index in [1.54, 1.807) is 0 Å². The van der Waals surface area contributed by atoms with Gasteiger partial charge in [-0.25, -0.2) is 4.98 Å². The highest BCUT2D eigenvalue weighted by molar-refractivity contribution is 7.98. The van der Waals surface area contributed by atoms with Crippen molar-refractivity contribution >= 4 is 35.1 Å². The minimum absolute atomic E-state index is 0.103. The molecule has 0 aliphatic carbocycles. The Hall–Kier alpha value is -3.39. The van der Waals surface area contributed by atoms with Crippen molar-refractivity contribution in [1.82, 2.24) is 9.97 Å². The van der Waals surface area contributed by atoms with Gasteiger partial charge in [0.25, 0.3) is 5.56 Å². The van der Waals surface area contributed by atoms with Gasteiger partial charge in [0, 0.05) is 17.9 Å². The predicted octanol–water partition coefficient (Wildman–Crippen LogP) is 4.00. The SMILES string of the molecule is CCc1ccccc1NC(=O)[C@H]1CC(=O)Nc2nc(SCc3ccc(C)cc3)[nH]c(=O)c21. The number of carbonyl (C=O) groups excluding carboxylic acids is 2. The van der Waals surface area contributed by atoms with E-state index in [2.05, 4.69) is 20.6 Å². The summed E-state index contributed by atoms with van der Waals surface area (Å²) in [5.41, 5.74) is 3.71. The van der Waals surface area contributed by atoms with Crippen LogP contribution in [0.4, 0.5) is 11.5 Å². The number of para-hydroxylation sites is 1. The third-order valence-corrected chi connectivity index (χ3v) is 6.34. The van der Waals surface area contributed by atoms with Gasteiger partial charge >= 0.3 is 0 Å². The van der Waals surface area contributed by atoms with Crippen molar-refractivity contribution in [3.63, 3.8) is 0 Å². The number of fused-ring (bicyclic) bond motifs is 1. The van der Waals surface area contributed by atoms with E-state index in [4.69, 9.17) is 0 Å². The molecule has 1 aliphatic rings. The van der Waals surface area contributed by atoms with E-state index in [9.17, 15) is 14.4 Å². The highest BCUT2D eigenvalue weighted by Gasteiger charge is 2.35. The molecule has 2 amide bonds. The number of thioether (sulfide) groups is 1. The number of aromatic amines is 1. The lowest BCUT2D eigenvalue weighted by molar-refractivity contribution is -0.123. The topological polar surface area (TPSA) is 104 Å². The van der Waals surface area contributed by atoms with Crippen LogP contribution in [0.25, 0.3) is 0 Å². The molecule has 3 aromatic rings. The lowest BCUT2D eigenvalue weighted by Crippen LogP contribution is -2.36. The van der Waals surface area contributed by atoms with E-state index in [1.165, 1.54) is 17.3 Å². The molecule has 0 saturated heterocycles. The van der Waals surface area contributed by atoms with Gasteiger partial charge in [-0.2, -0.15) is 0 Å². The van der Waals surface area contributed by atoms with Crippen molar-refractivity contribution in [2.75, 3.05) is 10.6 Å². The number of nitrogens with one attached hydrogen (secondary N) is 3. The molecule has 0 bridgehead atoms. The van der Waals surface area contributed by atoms with Gasteiger partial charge in [-0.15, -0.1) is 0 Å². The van der Waals surface area contributed by atoms with Gasteiger partial charge in [-0.05, 0) is 30.5 Å². The van der Waals surface area contributed by atoms with Gasteiger partial charge < -0.3 is 15.6 Å². The van der Waals surface area contributed by atoms with E-state index >= 15 is 0 Å². The van der Waals surface area contributed by atoms with Gasteiger partial charge in [0.15, 0.2) is 5.16 Å². The van der Waals surface area contributed by atoms with Crippen LogP contribution >= 0.6 is 11.8 Å². The van der Waals surface area contributed by atoms with Crippen molar-refractivity contribution in [2.24, 2.45) is 0 Å². The fraction of sp³-hybridized carbons (Fsp3) is 0.250. The fourth-order valence-electron chi connectivity index (χ4n) is 3.65. The second kappa shape index (κ2) is 9.40. The molecule has 7 nitrogen and oxygen atoms in total. The summed E-state index contributed by atoms with van der Waals surface area (Å²) in [7, 11) is 0. The summed E-state index contributed by atoms with van der Waals surface area (Å²) in [6.45, 7) is 4.02. The maximum Gasteiger partial charge on any atom is 0.257 e. The molecule has 0 unspecified atom stereocenters. The first kappa shape index (κ1) is 21.8. The first-order chi connectivity index (χ1) is 15.4. The smallest absolute Gasteiger partial charge is 0.257 e.